The number of nitrogens with zero attached hydrogens (tertiary/aromatic N) is 1. The molecule has 2 nitrogen and oxygen atoms in total. The predicted octanol–water partition coefficient (Wildman–Crippen LogP) is 12.0. The van der Waals surface area contributed by atoms with Crippen LogP contribution in [0.15, 0.2) is 181 Å². The van der Waals surface area contributed by atoms with Gasteiger partial charge in [-0.2, -0.15) is 0 Å². The molecule has 0 saturated carbocycles. The van der Waals surface area contributed by atoms with Crippen molar-refractivity contribution in [3.05, 3.63) is 193 Å². The molecule has 0 aromatic heterocycles. The Bertz CT molecular complexity index is 2210. The van der Waals surface area contributed by atoms with Crippen LogP contribution in [0.1, 0.15) is 23.6 Å². The fourth-order valence-corrected chi connectivity index (χ4v) is 5.84. The number of hydrogen-bond acceptors (Lipinski definition) is 2. The summed E-state index contributed by atoms with van der Waals surface area (Å²) < 4.78 is 6.29. The second-order valence-electron chi connectivity index (χ2n) is 11.3. The van der Waals surface area contributed by atoms with Crippen LogP contribution in [-0.4, -0.2) is 5.71 Å². The molecule has 0 heterocycles. The lowest BCUT2D eigenvalue weighted by Gasteiger charge is -2.12. The Hall–Kier alpha value is -5.99. The topological polar surface area (TPSA) is 21.6 Å². The summed E-state index contributed by atoms with van der Waals surface area (Å²) in [6.45, 7) is 6.37. The van der Waals surface area contributed by atoms with E-state index in [0.29, 0.717) is 5.70 Å². The van der Waals surface area contributed by atoms with E-state index in [-0.39, 0.29) is 0 Å². The first-order valence-electron chi connectivity index (χ1n) is 15.5. The fraction of sp³-hybridized carbons (Fsp3) is 0.0227. The van der Waals surface area contributed by atoms with Crippen LogP contribution in [0.5, 0.6) is 11.5 Å². The van der Waals surface area contributed by atoms with Gasteiger partial charge in [-0.3, -0.25) is 0 Å². The van der Waals surface area contributed by atoms with E-state index in [1.807, 2.05) is 60.7 Å². The van der Waals surface area contributed by atoms with E-state index >= 15 is 0 Å². The second-order valence-corrected chi connectivity index (χ2v) is 11.3. The van der Waals surface area contributed by atoms with Crippen LogP contribution in [-0.2, 0) is 0 Å². The summed E-state index contributed by atoms with van der Waals surface area (Å²) in [5, 5.41) is 5.02. The number of rotatable bonds is 8. The van der Waals surface area contributed by atoms with Crippen molar-refractivity contribution in [1.29, 1.82) is 0 Å². The summed E-state index contributed by atoms with van der Waals surface area (Å²) in [6, 6.07) is 56.3. The molecule has 0 aliphatic heterocycles. The largest absolute Gasteiger partial charge is 0.457 e. The van der Waals surface area contributed by atoms with E-state index in [1.54, 1.807) is 0 Å². The van der Waals surface area contributed by atoms with Gasteiger partial charge in [0.1, 0.15) is 11.5 Å². The molecular formula is C44H33NO. The molecule has 0 fully saturated rings. The van der Waals surface area contributed by atoms with Crippen LogP contribution < -0.4 is 4.74 Å². The maximum atomic E-state index is 6.29. The van der Waals surface area contributed by atoms with E-state index in [4.69, 9.17) is 9.73 Å². The minimum absolute atomic E-state index is 0.715. The van der Waals surface area contributed by atoms with Gasteiger partial charge < -0.3 is 4.74 Å². The molecule has 7 rings (SSSR count). The molecule has 0 N–H and O–H groups in total. The number of fused-ring (bicyclic) bond motifs is 3. The summed E-state index contributed by atoms with van der Waals surface area (Å²) in [5.41, 5.74) is 8.18. The highest BCUT2D eigenvalue weighted by Crippen LogP contribution is 2.36. The van der Waals surface area contributed by atoms with Gasteiger partial charge in [0.25, 0.3) is 0 Å². The SMILES string of the molecule is C=C(N=C(/C=C(\C)c1ccccc1)c1ccc(Oc2ccc(-c3cc4ccccc4c4ccccc34)cc2)cc1)c1ccccc1. The Balaban J connectivity index is 1.15. The summed E-state index contributed by atoms with van der Waals surface area (Å²) >= 11 is 0. The minimum atomic E-state index is 0.715. The van der Waals surface area contributed by atoms with Crippen LogP contribution in [0, 0.1) is 0 Å². The first-order valence-corrected chi connectivity index (χ1v) is 15.5. The summed E-state index contributed by atoms with van der Waals surface area (Å²) in [4.78, 5) is 4.98. The van der Waals surface area contributed by atoms with Crippen molar-refractivity contribution in [3.63, 3.8) is 0 Å². The second kappa shape index (κ2) is 12.9. The lowest BCUT2D eigenvalue weighted by molar-refractivity contribution is 0.483. The molecule has 0 atom stereocenters. The predicted molar refractivity (Wildman–Crippen MR) is 196 cm³/mol. The van der Waals surface area contributed by atoms with Gasteiger partial charge in [0.2, 0.25) is 0 Å². The monoisotopic (exact) mass is 591 g/mol. The van der Waals surface area contributed by atoms with Crippen molar-refractivity contribution in [1.82, 2.24) is 0 Å². The van der Waals surface area contributed by atoms with Gasteiger partial charge >= 0.3 is 0 Å². The Labute approximate surface area is 270 Å². The summed E-state index contributed by atoms with van der Waals surface area (Å²) in [5.74, 6) is 1.55. The van der Waals surface area contributed by atoms with Crippen molar-refractivity contribution in [2.24, 2.45) is 4.99 Å². The van der Waals surface area contributed by atoms with Crippen molar-refractivity contribution >= 4 is 38.5 Å². The minimum Gasteiger partial charge on any atom is -0.457 e. The molecule has 0 amide bonds. The zero-order valence-electron chi connectivity index (χ0n) is 25.7. The van der Waals surface area contributed by atoms with Crippen molar-refractivity contribution in [3.8, 4) is 22.6 Å². The molecule has 0 bridgehead atoms. The van der Waals surface area contributed by atoms with Gasteiger partial charge in [-0.05, 0) is 105 Å². The number of ether oxygens (including phenoxy) is 1. The van der Waals surface area contributed by atoms with Gasteiger partial charge in [0.15, 0.2) is 0 Å². The zero-order valence-corrected chi connectivity index (χ0v) is 25.7. The average molecular weight is 592 g/mol. The summed E-state index contributed by atoms with van der Waals surface area (Å²) in [7, 11) is 0. The molecule has 0 radical (unpaired) electrons. The average Bonchev–Trinajstić information content (AvgIpc) is 3.12. The van der Waals surface area contributed by atoms with Gasteiger partial charge in [-0.25, -0.2) is 4.99 Å². The third-order valence-corrected chi connectivity index (χ3v) is 8.26. The smallest absolute Gasteiger partial charge is 0.127 e. The van der Waals surface area contributed by atoms with Crippen LogP contribution in [0.3, 0.4) is 0 Å². The molecule has 2 heteroatoms. The normalized spacial score (nSPS) is 11.9. The molecule has 46 heavy (non-hydrogen) atoms. The van der Waals surface area contributed by atoms with Gasteiger partial charge in [0.05, 0.1) is 11.4 Å². The van der Waals surface area contributed by atoms with Gasteiger partial charge in [-0.1, -0.05) is 128 Å². The Morgan fingerprint density at radius 3 is 1.76 bits per heavy atom. The first-order chi connectivity index (χ1) is 22.6. The maximum Gasteiger partial charge on any atom is 0.127 e. The van der Waals surface area contributed by atoms with Crippen LogP contribution >= 0.6 is 0 Å². The van der Waals surface area contributed by atoms with E-state index < -0.39 is 0 Å². The molecule has 0 aliphatic rings. The van der Waals surface area contributed by atoms with Gasteiger partial charge in [0, 0.05) is 5.56 Å². The standard InChI is InChI=1S/C44H33NO/c1-31(33-13-5-3-6-14-33)29-44(45-32(2)34-15-7-4-8-16-34)36-23-27-39(28-24-36)46-38-25-21-35(22-26-38)43-30-37-17-9-10-18-40(37)41-19-11-12-20-42(41)43/h3-30H,2H2,1H3/b31-29+,45-44?. The molecule has 0 saturated heterocycles. The number of hydrogen-bond donors (Lipinski definition) is 0. The van der Waals surface area contributed by atoms with E-state index in [1.165, 1.54) is 27.1 Å². The highest BCUT2D eigenvalue weighted by molar-refractivity contribution is 6.14. The van der Waals surface area contributed by atoms with Crippen molar-refractivity contribution < 1.29 is 4.74 Å². The first kappa shape index (κ1) is 28.8. The number of aliphatic imine (C=N–C) groups is 1. The number of benzene rings is 7. The lowest BCUT2D eigenvalue weighted by atomic mass is 9.93. The molecule has 7 aromatic carbocycles. The summed E-state index contributed by atoms with van der Waals surface area (Å²) in [6.07, 6.45) is 2.12. The zero-order chi connectivity index (χ0) is 31.3. The molecular weight excluding hydrogens is 558 g/mol. The van der Waals surface area contributed by atoms with Crippen molar-refractivity contribution in [2.45, 2.75) is 6.92 Å². The van der Waals surface area contributed by atoms with Crippen LogP contribution in [0.2, 0.25) is 0 Å². The Kier molecular flexibility index (Phi) is 8.09. The molecule has 0 unspecified atom stereocenters. The highest BCUT2D eigenvalue weighted by Gasteiger charge is 2.10. The molecule has 220 valence electrons. The molecule has 7 aromatic rings. The number of allylic oxidation sites excluding steroid dienone is 2. The Morgan fingerprint density at radius 2 is 1.09 bits per heavy atom. The lowest BCUT2D eigenvalue weighted by Crippen LogP contribution is -1.99. The maximum absolute atomic E-state index is 6.29. The molecule has 0 aliphatic carbocycles. The quantitative estimate of drug-likeness (QED) is 0.127. The van der Waals surface area contributed by atoms with E-state index in [0.717, 1.165) is 45.0 Å². The third kappa shape index (κ3) is 6.15. The van der Waals surface area contributed by atoms with Crippen molar-refractivity contribution in [2.75, 3.05) is 0 Å². The van der Waals surface area contributed by atoms with Gasteiger partial charge in [-0.15, -0.1) is 0 Å². The molecule has 0 spiro atoms. The fourth-order valence-electron chi connectivity index (χ4n) is 5.84. The van der Waals surface area contributed by atoms with Crippen LogP contribution in [0.25, 0.3) is 43.9 Å². The van der Waals surface area contributed by atoms with E-state index in [9.17, 15) is 0 Å². The third-order valence-electron chi connectivity index (χ3n) is 8.26. The van der Waals surface area contributed by atoms with E-state index in [2.05, 4.69) is 123 Å². The van der Waals surface area contributed by atoms with Crippen LogP contribution in [0.4, 0.5) is 0 Å². The Morgan fingerprint density at radius 1 is 0.543 bits per heavy atom. The highest BCUT2D eigenvalue weighted by atomic mass is 16.5.